The van der Waals surface area contributed by atoms with Crippen LogP contribution >= 0.6 is 46.4 Å². The molecule has 4 nitrogen and oxygen atoms in total. The topological polar surface area (TPSA) is 50.7 Å². The van der Waals surface area contributed by atoms with Gasteiger partial charge >= 0.3 is 0 Å². The van der Waals surface area contributed by atoms with Crippen LogP contribution in [-0.2, 0) is 17.7 Å². The summed E-state index contributed by atoms with van der Waals surface area (Å²) < 4.78 is 0. The van der Waals surface area contributed by atoms with E-state index < -0.39 is 0 Å². The highest BCUT2D eigenvalue weighted by Gasteiger charge is 2.12. The van der Waals surface area contributed by atoms with Gasteiger partial charge in [-0.1, -0.05) is 75.8 Å². The van der Waals surface area contributed by atoms with E-state index in [0.29, 0.717) is 44.2 Å². The molecule has 1 amide bonds. The van der Waals surface area contributed by atoms with Crippen molar-refractivity contribution in [2.45, 2.75) is 12.8 Å². The first-order valence-electron chi connectivity index (χ1n) is 9.24. The third kappa shape index (κ3) is 6.37. The van der Waals surface area contributed by atoms with E-state index in [1.807, 2.05) is 24.3 Å². The number of benzene rings is 3. The van der Waals surface area contributed by atoms with E-state index in [2.05, 4.69) is 10.5 Å². The Morgan fingerprint density at radius 3 is 2.06 bits per heavy atom. The van der Waals surface area contributed by atoms with Crippen LogP contribution < -0.4 is 5.32 Å². The van der Waals surface area contributed by atoms with Crippen LogP contribution in [0.3, 0.4) is 0 Å². The van der Waals surface area contributed by atoms with Gasteiger partial charge in [0.05, 0.1) is 31.5 Å². The third-order valence-electron chi connectivity index (χ3n) is 4.44. The maximum atomic E-state index is 12.6. The summed E-state index contributed by atoms with van der Waals surface area (Å²) in [5, 5.41) is 8.62. The molecular formula is C23H18Cl4N2O2. The first-order chi connectivity index (χ1) is 14.9. The van der Waals surface area contributed by atoms with Crippen LogP contribution in [0.25, 0.3) is 0 Å². The molecule has 0 saturated carbocycles. The Balaban J connectivity index is 1.70. The summed E-state index contributed by atoms with van der Waals surface area (Å²) in [6.07, 6.45) is 1.10. The van der Waals surface area contributed by atoms with Crippen molar-refractivity contribution < 1.29 is 9.63 Å². The number of hydrogen-bond donors (Lipinski definition) is 1. The van der Waals surface area contributed by atoms with Gasteiger partial charge in [-0.05, 0) is 47.5 Å². The number of carbonyl (C=O) groups is 1. The molecule has 31 heavy (non-hydrogen) atoms. The molecule has 0 fully saturated rings. The summed E-state index contributed by atoms with van der Waals surface area (Å²) in [5.74, 6) is -0.303. The van der Waals surface area contributed by atoms with Crippen molar-refractivity contribution in [3.05, 3.63) is 97.4 Å². The van der Waals surface area contributed by atoms with Crippen LogP contribution in [0, 0.1) is 0 Å². The Bertz CT molecular complexity index is 1090. The predicted molar refractivity (Wildman–Crippen MR) is 129 cm³/mol. The normalized spacial score (nSPS) is 11.3. The molecule has 3 rings (SSSR count). The molecule has 1 N–H and O–H groups in total. The number of amides is 1. The number of rotatable bonds is 7. The summed E-state index contributed by atoms with van der Waals surface area (Å²) in [6, 6.07) is 17.7. The van der Waals surface area contributed by atoms with Crippen LogP contribution in [0.5, 0.6) is 0 Å². The number of nitrogens with one attached hydrogen (secondary N) is 1. The van der Waals surface area contributed by atoms with E-state index in [1.54, 1.807) is 36.4 Å². The largest absolute Gasteiger partial charge is 0.399 e. The van der Waals surface area contributed by atoms with E-state index in [4.69, 9.17) is 51.2 Å². The number of nitrogens with zero attached hydrogens (tertiary/aromatic N) is 1. The lowest BCUT2D eigenvalue weighted by molar-refractivity contribution is 0.102. The quantitative estimate of drug-likeness (QED) is 0.275. The second-order valence-corrected chi connectivity index (χ2v) is 8.32. The fourth-order valence-electron chi connectivity index (χ4n) is 2.95. The average molecular weight is 496 g/mol. The molecule has 160 valence electrons. The molecule has 3 aromatic rings. The molecule has 0 unspecified atom stereocenters. The van der Waals surface area contributed by atoms with Crippen LogP contribution in [-0.4, -0.2) is 18.7 Å². The second-order valence-electron chi connectivity index (χ2n) is 6.69. The molecule has 8 heteroatoms. The summed E-state index contributed by atoms with van der Waals surface area (Å²) in [7, 11) is 1.50. The molecule has 0 spiro atoms. The fourth-order valence-corrected chi connectivity index (χ4v) is 3.77. The maximum absolute atomic E-state index is 12.6. The minimum Gasteiger partial charge on any atom is -0.399 e. The molecule has 0 heterocycles. The van der Waals surface area contributed by atoms with Gasteiger partial charge in [0.25, 0.3) is 5.91 Å². The predicted octanol–water partition coefficient (Wildman–Crippen LogP) is 7.34. The maximum Gasteiger partial charge on any atom is 0.255 e. The van der Waals surface area contributed by atoms with E-state index in [1.165, 1.54) is 7.11 Å². The first-order valence-corrected chi connectivity index (χ1v) is 10.8. The molecule has 0 aliphatic carbocycles. The lowest BCUT2D eigenvalue weighted by Crippen LogP contribution is -2.13. The monoisotopic (exact) mass is 494 g/mol. The Kier molecular flexibility index (Phi) is 8.22. The molecule has 0 aromatic heterocycles. The molecular weight excluding hydrogens is 478 g/mol. The third-order valence-corrected chi connectivity index (χ3v) is 5.81. The zero-order valence-corrected chi connectivity index (χ0v) is 19.5. The summed E-state index contributed by atoms with van der Waals surface area (Å²) >= 11 is 24.3. The average Bonchev–Trinajstić information content (AvgIpc) is 2.74. The van der Waals surface area contributed by atoms with E-state index in [-0.39, 0.29) is 5.91 Å². The lowest BCUT2D eigenvalue weighted by Gasteiger charge is -2.10. The van der Waals surface area contributed by atoms with Gasteiger partial charge in [-0.15, -0.1) is 0 Å². The lowest BCUT2D eigenvalue weighted by atomic mass is 10.0. The zero-order valence-electron chi connectivity index (χ0n) is 16.5. The van der Waals surface area contributed by atoms with E-state index in [9.17, 15) is 4.79 Å². The Labute approximate surface area is 200 Å². The first kappa shape index (κ1) is 23.4. The van der Waals surface area contributed by atoms with Gasteiger partial charge in [-0.25, -0.2) is 0 Å². The highest BCUT2D eigenvalue weighted by atomic mass is 35.5. The highest BCUT2D eigenvalue weighted by Crippen LogP contribution is 2.30. The van der Waals surface area contributed by atoms with Gasteiger partial charge in [-0.2, -0.15) is 0 Å². The molecule has 0 radical (unpaired) electrons. The molecule has 0 atom stereocenters. The number of para-hydroxylation sites is 1. The van der Waals surface area contributed by atoms with E-state index >= 15 is 0 Å². The van der Waals surface area contributed by atoms with Crippen molar-refractivity contribution >= 4 is 63.7 Å². The standard InChI is InChI=1S/C23H18Cl4N2O2/c1-31-29-17(12-15-7-10-18(24)21(27)13-15)11-14-5-8-16(9-6-14)23(30)28-22-19(25)3-2-4-20(22)26/h2-10,13H,11-12H2,1H3,(H,28,30)/b29-17+. The molecule has 3 aromatic carbocycles. The van der Waals surface area contributed by atoms with Crippen LogP contribution in [0.4, 0.5) is 5.69 Å². The zero-order chi connectivity index (χ0) is 22.4. The second kappa shape index (κ2) is 10.9. The van der Waals surface area contributed by atoms with Crippen molar-refractivity contribution in [2.75, 3.05) is 12.4 Å². The minimum absolute atomic E-state index is 0.303. The van der Waals surface area contributed by atoms with E-state index in [0.717, 1.165) is 16.8 Å². The van der Waals surface area contributed by atoms with Crippen molar-refractivity contribution in [2.24, 2.45) is 5.16 Å². The number of anilines is 1. The van der Waals surface area contributed by atoms with Crippen LogP contribution in [0.2, 0.25) is 20.1 Å². The van der Waals surface area contributed by atoms with Crippen molar-refractivity contribution in [1.82, 2.24) is 0 Å². The Hall–Kier alpha value is -2.24. The molecule has 0 saturated heterocycles. The van der Waals surface area contributed by atoms with Crippen LogP contribution in [0.15, 0.2) is 65.8 Å². The van der Waals surface area contributed by atoms with Gasteiger partial charge in [-0.3, -0.25) is 4.79 Å². The number of hydrogen-bond acceptors (Lipinski definition) is 3. The number of oxime groups is 1. The molecule has 0 bridgehead atoms. The summed E-state index contributed by atoms with van der Waals surface area (Å²) in [4.78, 5) is 17.6. The van der Waals surface area contributed by atoms with Crippen molar-refractivity contribution in [3.8, 4) is 0 Å². The number of carbonyl (C=O) groups excluding carboxylic acids is 1. The van der Waals surface area contributed by atoms with Crippen molar-refractivity contribution in [3.63, 3.8) is 0 Å². The van der Waals surface area contributed by atoms with Gasteiger partial charge in [0.15, 0.2) is 0 Å². The fraction of sp³-hybridized carbons (Fsp3) is 0.130. The van der Waals surface area contributed by atoms with Gasteiger partial charge in [0, 0.05) is 18.4 Å². The Morgan fingerprint density at radius 1 is 0.839 bits per heavy atom. The highest BCUT2D eigenvalue weighted by molar-refractivity contribution is 6.42. The van der Waals surface area contributed by atoms with Crippen molar-refractivity contribution in [1.29, 1.82) is 0 Å². The molecule has 0 aliphatic heterocycles. The summed E-state index contributed by atoms with van der Waals surface area (Å²) in [5.41, 5.74) is 3.62. The van der Waals surface area contributed by atoms with Gasteiger partial charge in [0.2, 0.25) is 0 Å². The Morgan fingerprint density at radius 2 is 1.45 bits per heavy atom. The summed E-state index contributed by atoms with van der Waals surface area (Å²) in [6.45, 7) is 0. The SMILES string of the molecule is CO/N=C(\Cc1ccc(C(=O)Nc2c(Cl)cccc2Cl)cc1)Cc1ccc(Cl)c(Cl)c1. The molecule has 0 aliphatic rings. The smallest absolute Gasteiger partial charge is 0.255 e. The van der Waals surface area contributed by atoms with Gasteiger partial charge < -0.3 is 10.2 Å². The number of halogens is 4. The minimum atomic E-state index is -0.303. The van der Waals surface area contributed by atoms with Gasteiger partial charge in [0.1, 0.15) is 7.11 Å². The van der Waals surface area contributed by atoms with Crippen LogP contribution in [0.1, 0.15) is 21.5 Å².